The van der Waals surface area contributed by atoms with Gasteiger partial charge in [-0.25, -0.2) is 8.42 Å². The van der Waals surface area contributed by atoms with Crippen LogP contribution in [0.15, 0.2) is 41.3 Å². The van der Waals surface area contributed by atoms with Crippen molar-refractivity contribution in [1.82, 2.24) is 0 Å². The van der Waals surface area contributed by atoms with E-state index in [0.29, 0.717) is 29.7 Å². The Morgan fingerprint density at radius 2 is 1.70 bits per heavy atom. The Morgan fingerprint density at radius 1 is 0.957 bits per heavy atom. The molecule has 1 aliphatic rings. The van der Waals surface area contributed by atoms with E-state index in [0.717, 1.165) is 6.42 Å². The maximum absolute atomic E-state index is 12.5. The first-order valence-corrected chi connectivity index (χ1v) is 9.07. The van der Waals surface area contributed by atoms with E-state index >= 15 is 0 Å². The highest BCUT2D eigenvalue weighted by atomic mass is 35.5. The molecule has 5 nitrogen and oxygen atoms in total. The van der Waals surface area contributed by atoms with E-state index in [-0.39, 0.29) is 15.6 Å². The molecule has 0 saturated carbocycles. The predicted octanol–water partition coefficient (Wildman–Crippen LogP) is 3.96. The molecule has 0 aromatic heterocycles. The molecule has 2 aromatic rings. The van der Waals surface area contributed by atoms with Crippen molar-refractivity contribution in [2.75, 3.05) is 17.9 Å². The highest BCUT2D eigenvalue weighted by molar-refractivity contribution is 7.92. The van der Waals surface area contributed by atoms with Crippen LogP contribution < -0.4 is 14.2 Å². The molecule has 8 heteroatoms. The van der Waals surface area contributed by atoms with Gasteiger partial charge in [0, 0.05) is 17.5 Å². The summed E-state index contributed by atoms with van der Waals surface area (Å²) < 4.78 is 38.5. The fourth-order valence-corrected chi connectivity index (χ4v) is 3.69. The lowest BCUT2D eigenvalue weighted by Crippen LogP contribution is -2.13. The fourth-order valence-electron chi connectivity index (χ4n) is 2.09. The van der Waals surface area contributed by atoms with Crippen molar-refractivity contribution in [1.29, 1.82) is 0 Å². The summed E-state index contributed by atoms with van der Waals surface area (Å²) in [6, 6.07) is 9.00. The molecule has 1 N–H and O–H groups in total. The Labute approximate surface area is 144 Å². The van der Waals surface area contributed by atoms with E-state index in [1.54, 1.807) is 12.1 Å². The third-order valence-electron chi connectivity index (χ3n) is 3.20. The third-order valence-corrected chi connectivity index (χ3v) is 5.12. The van der Waals surface area contributed by atoms with Crippen LogP contribution in [0.2, 0.25) is 10.0 Å². The van der Waals surface area contributed by atoms with E-state index in [2.05, 4.69) is 4.72 Å². The van der Waals surface area contributed by atoms with Gasteiger partial charge in [-0.3, -0.25) is 4.72 Å². The number of hydrogen-bond acceptors (Lipinski definition) is 4. The molecule has 0 saturated heterocycles. The Bertz CT molecular complexity index is 839. The second-order valence-corrected chi connectivity index (χ2v) is 7.41. The van der Waals surface area contributed by atoms with E-state index in [9.17, 15) is 8.42 Å². The van der Waals surface area contributed by atoms with E-state index in [1.807, 2.05) is 0 Å². The van der Waals surface area contributed by atoms with Gasteiger partial charge in [-0.15, -0.1) is 0 Å². The largest absolute Gasteiger partial charge is 0.490 e. The summed E-state index contributed by atoms with van der Waals surface area (Å²) in [5, 5.41) is 0.643. The van der Waals surface area contributed by atoms with Crippen LogP contribution in [0.3, 0.4) is 0 Å². The summed E-state index contributed by atoms with van der Waals surface area (Å²) in [4.78, 5) is 0.0627. The molecule has 2 aromatic carbocycles. The van der Waals surface area contributed by atoms with E-state index < -0.39 is 10.0 Å². The van der Waals surface area contributed by atoms with Gasteiger partial charge in [0.05, 0.1) is 28.8 Å². The number of nitrogens with one attached hydrogen (secondary N) is 1. The van der Waals surface area contributed by atoms with Crippen molar-refractivity contribution in [2.45, 2.75) is 11.3 Å². The van der Waals surface area contributed by atoms with Gasteiger partial charge in [0.15, 0.2) is 11.5 Å². The molecule has 0 aliphatic carbocycles. The van der Waals surface area contributed by atoms with Gasteiger partial charge in [-0.05, 0) is 30.3 Å². The van der Waals surface area contributed by atoms with Gasteiger partial charge in [-0.2, -0.15) is 0 Å². The van der Waals surface area contributed by atoms with E-state index in [4.69, 9.17) is 32.7 Å². The molecule has 1 heterocycles. The summed E-state index contributed by atoms with van der Waals surface area (Å²) in [7, 11) is -3.81. The minimum absolute atomic E-state index is 0.0627. The molecule has 0 fully saturated rings. The smallest absolute Gasteiger partial charge is 0.262 e. The molecule has 3 rings (SSSR count). The zero-order valence-electron chi connectivity index (χ0n) is 11.9. The standard InChI is InChI=1S/C15H13Cl2NO4S/c16-10-2-4-13(12(17)8-10)18-23(19,20)11-3-5-14-15(9-11)22-7-1-6-21-14/h2-5,8-9,18H,1,6-7H2. The number of halogens is 2. The van der Waals surface area contributed by atoms with Crippen LogP contribution in [0.5, 0.6) is 11.5 Å². The summed E-state index contributed by atoms with van der Waals surface area (Å²) in [6.45, 7) is 1.02. The molecule has 0 radical (unpaired) electrons. The SMILES string of the molecule is O=S(=O)(Nc1ccc(Cl)cc1Cl)c1ccc2c(c1)OCCCO2. The summed E-state index contributed by atoms with van der Waals surface area (Å²) in [6.07, 6.45) is 0.745. The number of ether oxygens (including phenoxy) is 2. The van der Waals surface area contributed by atoms with Gasteiger partial charge in [0.1, 0.15) is 0 Å². The van der Waals surface area contributed by atoms with Crippen LogP contribution >= 0.6 is 23.2 Å². The maximum Gasteiger partial charge on any atom is 0.262 e. The summed E-state index contributed by atoms with van der Waals surface area (Å²) in [5.74, 6) is 0.943. The minimum Gasteiger partial charge on any atom is -0.490 e. The zero-order valence-corrected chi connectivity index (χ0v) is 14.2. The Morgan fingerprint density at radius 3 is 2.43 bits per heavy atom. The molecule has 0 unspecified atom stereocenters. The number of anilines is 1. The summed E-state index contributed by atoms with van der Waals surface area (Å²) >= 11 is 11.8. The Balaban J connectivity index is 1.92. The zero-order chi connectivity index (χ0) is 16.4. The highest BCUT2D eigenvalue weighted by Crippen LogP contribution is 2.33. The molecular weight excluding hydrogens is 361 g/mol. The van der Waals surface area contributed by atoms with Gasteiger partial charge < -0.3 is 9.47 Å². The maximum atomic E-state index is 12.5. The quantitative estimate of drug-likeness (QED) is 0.884. The monoisotopic (exact) mass is 373 g/mol. The van der Waals surface area contributed by atoms with Crippen molar-refractivity contribution < 1.29 is 17.9 Å². The lowest BCUT2D eigenvalue weighted by Gasteiger charge is -2.12. The molecule has 0 amide bonds. The fraction of sp³-hybridized carbons (Fsp3) is 0.200. The molecule has 122 valence electrons. The average Bonchev–Trinajstić information content (AvgIpc) is 2.74. The Kier molecular flexibility index (Phi) is 4.57. The van der Waals surface area contributed by atoms with Crippen LogP contribution in [0.25, 0.3) is 0 Å². The third kappa shape index (κ3) is 3.65. The Hall–Kier alpha value is -1.63. The van der Waals surface area contributed by atoms with Crippen LogP contribution in [0, 0.1) is 0 Å². The number of sulfonamides is 1. The first-order valence-electron chi connectivity index (χ1n) is 6.83. The van der Waals surface area contributed by atoms with Gasteiger partial charge in [-0.1, -0.05) is 23.2 Å². The minimum atomic E-state index is -3.81. The van der Waals surface area contributed by atoms with Crippen LogP contribution in [0.1, 0.15) is 6.42 Å². The van der Waals surface area contributed by atoms with Crippen LogP contribution in [-0.4, -0.2) is 21.6 Å². The molecule has 23 heavy (non-hydrogen) atoms. The van der Waals surface area contributed by atoms with Crippen molar-refractivity contribution in [3.8, 4) is 11.5 Å². The van der Waals surface area contributed by atoms with Crippen LogP contribution in [0.4, 0.5) is 5.69 Å². The van der Waals surface area contributed by atoms with Crippen molar-refractivity contribution in [3.05, 3.63) is 46.4 Å². The first-order chi connectivity index (χ1) is 11.0. The molecule has 1 aliphatic heterocycles. The normalized spacial score (nSPS) is 14.2. The van der Waals surface area contributed by atoms with Crippen LogP contribution in [-0.2, 0) is 10.0 Å². The van der Waals surface area contributed by atoms with Gasteiger partial charge in [0.2, 0.25) is 0 Å². The molecule has 0 spiro atoms. The predicted molar refractivity (Wildman–Crippen MR) is 89.3 cm³/mol. The molecular formula is C15H13Cl2NO4S. The topological polar surface area (TPSA) is 64.6 Å². The number of fused-ring (bicyclic) bond motifs is 1. The van der Waals surface area contributed by atoms with Crippen molar-refractivity contribution in [3.63, 3.8) is 0 Å². The van der Waals surface area contributed by atoms with Gasteiger partial charge in [0.25, 0.3) is 10.0 Å². The highest BCUT2D eigenvalue weighted by Gasteiger charge is 2.20. The molecule has 0 atom stereocenters. The van der Waals surface area contributed by atoms with Crippen molar-refractivity contribution in [2.24, 2.45) is 0 Å². The number of rotatable bonds is 3. The summed E-state index contributed by atoms with van der Waals surface area (Å²) in [5.41, 5.74) is 0.253. The van der Waals surface area contributed by atoms with Gasteiger partial charge >= 0.3 is 0 Å². The molecule has 0 bridgehead atoms. The lowest BCUT2D eigenvalue weighted by atomic mass is 10.3. The van der Waals surface area contributed by atoms with Crippen molar-refractivity contribution >= 4 is 38.9 Å². The van der Waals surface area contributed by atoms with E-state index in [1.165, 1.54) is 24.3 Å². The lowest BCUT2D eigenvalue weighted by molar-refractivity contribution is 0.297. The second kappa shape index (κ2) is 6.47. The number of hydrogen-bond donors (Lipinski definition) is 1. The average molecular weight is 374 g/mol. The second-order valence-electron chi connectivity index (χ2n) is 4.89. The first kappa shape index (κ1) is 16.2. The number of benzene rings is 2.